The third-order valence-electron chi connectivity index (χ3n) is 6.63. The molecule has 0 bridgehead atoms. The molecule has 2 aliphatic rings. The lowest BCUT2D eigenvalue weighted by molar-refractivity contribution is 0.0232. The lowest BCUT2D eigenvalue weighted by atomic mass is 9.78. The number of ether oxygens (including phenoxy) is 1. The first kappa shape index (κ1) is 19.5. The topological polar surface area (TPSA) is 26.3 Å². The Balaban J connectivity index is 1.52. The van der Waals surface area contributed by atoms with Crippen LogP contribution in [0.3, 0.4) is 0 Å². The molecule has 1 aliphatic heterocycles. The molecule has 1 saturated carbocycles. The van der Waals surface area contributed by atoms with Crippen LogP contribution >= 0.6 is 0 Å². The number of cyclic esters (lactones) is 1. The molecule has 2 heteroatoms. The van der Waals surface area contributed by atoms with Gasteiger partial charge in [0.2, 0.25) is 0 Å². The molecule has 1 aromatic carbocycles. The Kier molecular flexibility index (Phi) is 7.16. The molecule has 144 valence electrons. The van der Waals surface area contributed by atoms with Crippen molar-refractivity contribution in [2.24, 2.45) is 11.8 Å². The second-order valence-corrected chi connectivity index (χ2v) is 8.55. The molecule has 1 atom stereocenters. The standard InChI is InChI=1S/C24H36O2/c1-3-5-6-7-22-17-21-15-14-20(16-23(21)24(25)26-22)13-12-19-10-8-18(4-2)9-11-19/h14-16,18-19,22H,3-13,17H2,1-2H3. The summed E-state index contributed by atoms with van der Waals surface area (Å²) in [5.41, 5.74) is 3.32. The lowest BCUT2D eigenvalue weighted by Crippen LogP contribution is -2.27. The smallest absolute Gasteiger partial charge is 0.338 e. The van der Waals surface area contributed by atoms with Crippen LogP contribution in [0, 0.1) is 11.8 Å². The van der Waals surface area contributed by atoms with Gasteiger partial charge in [-0.25, -0.2) is 4.79 Å². The van der Waals surface area contributed by atoms with Gasteiger partial charge in [0.05, 0.1) is 5.56 Å². The zero-order valence-corrected chi connectivity index (χ0v) is 16.8. The summed E-state index contributed by atoms with van der Waals surface area (Å²) < 4.78 is 5.69. The number of hydrogen-bond acceptors (Lipinski definition) is 2. The van der Waals surface area contributed by atoms with Crippen molar-refractivity contribution in [3.63, 3.8) is 0 Å². The SMILES string of the molecule is CCCCCC1Cc2ccc(CCC3CCC(CC)CC3)cc2C(=O)O1. The van der Waals surface area contributed by atoms with E-state index in [4.69, 9.17) is 4.74 Å². The van der Waals surface area contributed by atoms with Crippen LogP contribution in [0.25, 0.3) is 0 Å². The van der Waals surface area contributed by atoms with Crippen molar-refractivity contribution in [1.29, 1.82) is 0 Å². The molecule has 1 aromatic rings. The van der Waals surface area contributed by atoms with Gasteiger partial charge in [0.15, 0.2) is 0 Å². The van der Waals surface area contributed by atoms with E-state index >= 15 is 0 Å². The number of hydrogen-bond donors (Lipinski definition) is 0. The highest BCUT2D eigenvalue weighted by atomic mass is 16.5. The van der Waals surface area contributed by atoms with Crippen LogP contribution in [-0.4, -0.2) is 12.1 Å². The number of carbonyl (C=O) groups is 1. The minimum Gasteiger partial charge on any atom is -0.458 e. The quantitative estimate of drug-likeness (QED) is 0.393. The monoisotopic (exact) mass is 356 g/mol. The minimum atomic E-state index is -0.0990. The molecule has 1 heterocycles. The zero-order valence-electron chi connectivity index (χ0n) is 16.8. The summed E-state index contributed by atoms with van der Waals surface area (Å²) in [6.07, 6.45) is 14.9. The first-order valence-electron chi connectivity index (χ1n) is 11.0. The van der Waals surface area contributed by atoms with Gasteiger partial charge in [0.1, 0.15) is 6.10 Å². The third kappa shape index (κ3) is 5.11. The predicted molar refractivity (Wildman–Crippen MR) is 108 cm³/mol. The fourth-order valence-electron chi connectivity index (χ4n) is 4.73. The van der Waals surface area contributed by atoms with Gasteiger partial charge in [-0.15, -0.1) is 0 Å². The highest BCUT2D eigenvalue weighted by molar-refractivity contribution is 5.92. The Morgan fingerprint density at radius 3 is 2.50 bits per heavy atom. The van der Waals surface area contributed by atoms with Gasteiger partial charge < -0.3 is 4.74 Å². The first-order valence-corrected chi connectivity index (χ1v) is 11.0. The largest absolute Gasteiger partial charge is 0.458 e. The van der Waals surface area contributed by atoms with Crippen LogP contribution in [0.1, 0.15) is 99.5 Å². The fraction of sp³-hybridized carbons (Fsp3) is 0.708. The summed E-state index contributed by atoms with van der Waals surface area (Å²) in [5.74, 6) is 1.75. The highest BCUT2D eigenvalue weighted by Gasteiger charge is 2.26. The van der Waals surface area contributed by atoms with Gasteiger partial charge in [0.25, 0.3) is 0 Å². The highest BCUT2D eigenvalue weighted by Crippen LogP contribution is 2.33. The molecule has 0 aromatic heterocycles. The summed E-state index contributed by atoms with van der Waals surface area (Å²) in [7, 11) is 0. The molecular weight excluding hydrogens is 320 g/mol. The van der Waals surface area contributed by atoms with Crippen LogP contribution < -0.4 is 0 Å². The van der Waals surface area contributed by atoms with Crippen molar-refractivity contribution in [3.05, 3.63) is 34.9 Å². The Bertz CT molecular complexity index is 584. The van der Waals surface area contributed by atoms with Crippen LogP contribution in [0.2, 0.25) is 0 Å². The maximum absolute atomic E-state index is 12.4. The predicted octanol–water partition coefficient (Wildman–Crippen LogP) is 6.50. The fourth-order valence-corrected chi connectivity index (χ4v) is 4.73. The number of rotatable bonds is 8. The Morgan fingerprint density at radius 2 is 1.77 bits per heavy atom. The van der Waals surface area contributed by atoms with Crippen LogP contribution in [0.15, 0.2) is 18.2 Å². The van der Waals surface area contributed by atoms with Gasteiger partial charge in [-0.2, -0.15) is 0 Å². The van der Waals surface area contributed by atoms with Gasteiger partial charge in [-0.1, -0.05) is 70.9 Å². The van der Waals surface area contributed by atoms with Gasteiger partial charge in [-0.05, 0) is 54.7 Å². The summed E-state index contributed by atoms with van der Waals surface area (Å²) >= 11 is 0. The molecule has 1 aliphatic carbocycles. The number of unbranched alkanes of at least 4 members (excludes halogenated alkanes) is 2. The maximum atomic E-state index is 12.4. The number of carbonyl (C=O) groups excluding carboxylic acids is 1. The van der Waals surface area contributed by atoms with Crippen molar-refractivity contribution in [2.75, 3.05) is 0 Å². The van der Waals surface area contributed by atoms with Gasteiger partial charge in [0, 0.05) is 6.42 Å². The lowest BCUT2D eigenvalue weighted by Gasteiger charge is -2.28. The van der Waals surface area contributed by atoms with E-state index in [1.807, 2.05) is 0 Å². The Labute approximate surface area is 159 Å². The molecule has 0 amide bonds. The zero-order chi connectivity index (χ0) is 18.4. The van der Waals surface area contributed by atoms with Gasteiger partial charge in [-0.3, -0.25) is 0 Å². The van der Waals surface area contributed by atoms with E-state index in [0.29, 0.717) is 0 Å². The van der Waals surface area contributed by atoms with E-state index in [1.54, 1.807) is 0 Å². The van der Waals surface area contributed by atoms with Crippen molar-refractivity contribution in [1.82, 2.24) is 0 Å². The Hall–Kier alpha value is -1.31. The first-order chi connectivity index (χ1) is 12.7. The number of fused-ring (bicyclic) bond motifs is 1. The molecule has 26 heavy (non-hydrogen) atoms. The van der Waals surface area contributed by atoms with E-state index in [0.717, 1.165) is 43.1 Å². The van der Waals surface area contributed by atoms with Crippen molar-refractivity contribution < 1.29 is 9.53 Å². The summed E-state index contributed by atoms with van der Waals surface area (Å²) in [6, 6.07) is 6.54. The molecule has 1 fully saturated rings. The average Bonchev–Trinajstić information content (AvgIpc) is 2.67. The molecule has 0 spiro atoms. The molecule has 3 rings (SSSR count). The summed E-state index contributed by atoms with van der Waals surface area (Å²) in [5, 5.41) is 0. The van der Waals surface area contributed by atoms with E-state index in [2.05, 4.69) is 32.0 Å². The molecule has 0 N–H and O–H groups in total. The number of aryl methyl sites for hydroxylation is 1. The molecule has 0 saturated heterocycles. The normalized spacial score (nSPS) is 25.6. The maximum Gasteiger partial charge on any atom is 0.338 e. The minimum absolute atomic E-state index is 0.0844. The van der Waals surface area contributed by atoms with Crippen LogP contribution in [-0.2, 0) is 17.6 Å². The second-order valence-electron chi connectivity index (χ2n) is 8.55. The van der Waals surface area contributed by atoms with E-state index in [1.165, 1.54) is 62.5 Å². The number of esters is 1. The summed E-state index contributed by atoms with van der Waals surface area (Å²) in [4.78, 5) is 12.4. The third-order valence-corrected chi connectivity index (χ3v) is 6.63. The van der Waals surface area contributed by atoms with Gasteiger partial charge >= 0.3 is 5.97 Å². The molecule has 1 unspecified atom stereocenters. The Morgan fingerprint density at radius 1 is 1.00 bits per heavy atom. The van der Waals surface area contributed by atoms with Crippen molar-refractivity contribution in [2.45, 2.75) is 97.0 Å². The number of benzene rings is 1. The van der Waals surface area contributed by atoms with E-state index in [9.17, 15) is 4.79 Å². The van der Waals surface area contributed by atoms with Crippen molar-refractivity contribution in [3.8, 4) is 0 Å². The average molecular weight is 357 g/mol. The van der Waals surface area contributed by atoms with Crippen LogP contribution in [0.5, 0.6) is 0 Å². The molecular formula is C24H36O2. The second kappa shape index (κ2) is 9.58. The van der Waals surface area contributed by atoms with E-state index in [-0.39, 0.29) is 12.1 Å². The molecule has 2 nitrogen and oxygen atoms in total. The van der Waals surface area contributed by atoms with Crippen LogP contribution in [0.4, 0.5) is 0 Å². The van der Waals surface area contributed by atoms with E-state index < -0.39 is 0 Å². The van der Waals surface area contributed by atoms with Crippen molar-refractivity contribution >= 4 is 5.97 Å². The summed E-state index contributed by atoms with van der Waals surface area (Å²) in [6.45, 7) is 4.53. The molecule has 0 radical (unpaired) electrons.